The zero-order chi connectivity index (χ0) is 16.9. The summed E-state index contributed by atoms with van der Waals surface area (Å²) in [4.78, 5) is 2.51. The van der Waals surface area contributed by atoms with Crippen LogP contribution in [0.1, 0.15) is 6.92 Å². The van der Waals surface area contributed by atoms with E-state index in [-0.39, 0.29) is 12.0 Å². The Labute approximate surface area is 143 Å². The molecule has 2 rings (SSSR count). The van der Waals surface area contributed by atoms with Gasteiger partial charge < -0.3 is 13.9 Å². The molecule has 0 N–H and O–H groups in total. The maximum atomic E-state index is 6.36. The summed E-state index contributed by atoms with van der Waals surface area (Å²) in [5.41, 5.74) is 0. The van der Waals surface area contributed by atoms with Gasteiger partial charge in [0, 0.05) is 19.3 Å². The first-order chi connectivity index (χ1) is 10.9. The van der Waals surface area contributed by atoms with Gasteiger partial charge >= 0.3 is 0 Å². The summed E-state index contributed by atoms with van der Waals surface area (Å²) in [5, 5.41) is 0. The van der Waals surface area contributed by atoms with Crippen LogP contribution in [0.2, 0.25) is 26.2 Å². The molecule has 1 aromatic rings. The topological polar surface area (TPSA) is 30.9 Å². The van der Waals surface area contributed by atoms with Crippen molar-refractivity contribution in [3.05, 3.63) is 30.3 Å². The summed E-state index contributed by atoms with van der Waals surface area (Å²) < 4.78 is 18.3. The van der Waals surface area contributed by atoms with Crippen LogP contribution in [0.4, 0.5) is 0 Å². The van der Waals surface area contributed by atoms with Gasteiger partial charge in [-0.15, -0.1) is 0 Å². The smallest absolute Gasteiger partial charge is 0.201 e. The first-order valence-electron chi connectivity index (χ1n) is 8.42. The van der Waals surface area contributed by atoms with Crippen LogP contribution in [0.3, 0.4) is 0 Å². The third-order valence-corrected chi connectivity index (χ3v) is 7.50. The number of benzene rings is 1. The minimum absolute atomic E-state index is 0.120. The largest absolute Gasteiger partial charge is 0.491 e. The summed E-state index contributed by atoms with van der Waals surface area (Å²) in [7, 11) is -2.25. The highest BCUT2D eigenvalue weighted by Gasteiger charge is 2.39. The van der Waals surface area contributed by atoms with E-state index in [0.29, 0.717) is 6.61 Å². The Bertz CT molecular complexity index is 470. The highest BCUT2D eigenvalue weighted by molar-refractivity contribution is 6.71. The Kier molecular flexibility index (Phi) is 6.85. The predicted octanol–water partition coefficient (Wildman–Crippen LogP) is 3.17. The van der Waals surface area contributed by atoms with Crippen LogP contribution in [0, 0.1) is 0 Å². The highest BCUT2D eigenvalue weighted by Crippen LogP contribution is 2.22. The SMILES string of the molecule is CCOC(N1CC(COc2ccccc2)O[Si](C)(C)C1)[Si](C)C. The zero-order valence-electron chi connectivity index (χ0n) is 15.0. The van der Waals surface area contributed by atoms with Crippen LogP contribution in [0.15, 0.2) is 30.3 Å². The summed E-state index contributed by atoms with van der Waals surface area (Å²) in [5.74, 6) is 1.17. The van der Waals surface area contributed by atoms with Gasteiger partial charge in [0.05, 0.1) is 20.8 Å². The molecular formula is C17H30NO3Si2. The molecule has 1 aliphatic rings. The first kappa shape index (κ1) is 18.7. The molecule has 1 aromatic carbocycles. The standard InChI is InChI=1S/C17H30NO3Si2/c1-6-19-17(22(2)3)18-12-16(21-23(4,5)14-18)13-20-15-10-8-7-9-11-15/h7-11,16-17H,6,12-14H2,1-5H3. The quantitative estimate of drug-likeness (QED) is 0.705. The molecule has 129 valence electrons. The molecule has 1 aliphatic heterocycles. The average Bonchev–Trinajstić information content (AvgIpc) is 2.50. The second kappa shape index (κ2) is 8.44. The number of rotatable bonds is 7. The van der Waals surface area contributed by atoms with Gasteiger partial charge in [0.1, 0.15) is 12.4 Å². The minimum atomic E-state index is -1.71. The molecule has 1 radical (unpaired) electrons. The van der Waals surface area contributed by atoms with Crippen LogP contribution < -0.4 is 4.74 Å². The van der Waals surface area contributed by atoms with Crippen LogP contribution in [-0.4, -0.2) is 59.9 Å². The lowest BCUT2D eigenvalue weighted by molar-refractivity contribution is -0.0383. The Morgan fingerprint density at radius 1 is 1.30 bits per heavy atom. The van der Waals surface area contributed by atoms with E-state index in [0.717, 1.165) is 25.1 Å². The molecule has 0 bridgehead atoms. The Hall–Kier alpha value is -0.666. The van der Waals surface area contributed by atoms with Crippen molar-refractivity contribution in [3.8, 4) is 5.75 Å². The molecule has 1 fully saturated rings. The number of ether oxygens (including phenoxy) is 2. The zero-order valence-corrected chi connectivity index (χ0v) is 17.0. The van der Waals surface area contributed by atoms with E-state index in [2.05, 4.69) is 38.0 Å². The van der Waals surface area contributed by atoms with Crippen molar-refractivity contribution >= 4 is 17.1 Å². The lowest BCUT2D eigenvalue weighted by atomic mass is 10.3. The van der Waals surface area contributed by atoms with Gasteiger partial charge in [-0.3, -0.25) is 4.90 Å². The summed E-state index contributed by atoms with van der Waals surface area (Å²) in [6, 6.07) is 9.98. The number of hydrogen-bond acceptors (Lipinski definition) is 4. The fourth-order valence-corrected chi connectivity index (χ4v) is 7.11. The van der Waals surface area contributed by atoms with E-state index in [1.54, 1.807) is 0 Å². The van der Waals surface area contributed by atoms with Crippen molar-refractivity contribution < 1.29 is 13.9 Å². The first-order valence-corrected chi connectivity index (χ1v) is 14.1. The van der Waals surface area contributed by atoms with Crippen LogP contribution in [-0.2, 0) is 9.16 Å². The number of hydrogen-bond donors (Lipinski definition) is 0. The number of para-hydroxylation sites is 1. The van der Waals surface area contributed by atoms with Crippen molar-refractivity contribution in [2.75, 3.05) is 25.9 Å². The van der Waals surface area contributed by atoms with Crippen molar-refractivity contribution in [2.24, 2.45) is 0 Å². The van der Waals surface area contributed by atoms with Crippen molar-refractivity contribution in [1.29, 1.82) is 0 Å². The molecule has 0 spiro atoms. The van der Waals surface area contributed by atoms with Gasteiger partial charge in [0.25, 0.3) is 0 Å². The molecule has 23 heavy (non-hydrogen) atoms. The third kappa shape index (κ3) is 5.72. The van der Waals surface area contributed by atoms with Crippen molar-refractivity contribution in [3.63, 3.8) is 0 Å². The van der Waals surface area contributed by atoms with Gasteiger partial charge in [0.15, 0.2) is 0 Å². The lowest BCUT2D eigenvalue weighted by Crippen LogP contribution is -2.62. The van der Waals surface area contributed by atoms with Crippen LogP contribution >= 0.6 is 0 Å². The van der Waals surface area contributed by atoms with Crippen molar-refractivity contribution in [1.82, 2.24) is 4.90 Å². The summed E-state index contributed by atoms with van der Waals surface area (Å²) in [6.07, 6.45) is 1.16. The van der Waals surface area contributed by atoms with E-state index in [9.17, 15) is 0 Å². The Balaban J connectivity index is 2.00. The second-order valence-electron chi connectivity index (χ2n) is 6.94. The minimum Gasteiger partial charge on any atom is -0.491 e. The second-order valence-corrected chi connectivity index (χ2v) is 13.7. The normalized spacial score (nSPS) is 23.0. The van der Waals surface area contributed by atoms with Gasteiger partial charge in [-0.25, -0.2) is 0 Å². The number of nitrogens with zero attached hydrogens (tertiary/aromatic N) is 1. The molecule has 1 heterocycles. The van der Waals surface area contributed by atoms with Gasteiger partial charge in [-0.05, 0) is 32.2 Å². The molecule has 2 atom stereocenters. The summed E-state index contributed by atoms with van der Waals surface area (Å²) >= 11 is 0. The predicted molar refractivity (Wildman–Crippen MR) is 98.8 cm³/mol. The monoisotopic (exact) mass is 352 g/mol. The summed E-state index contributed by atoms with van der Waals surface area (Å²) in [6.45, 7) is 13.6. The average molecular weight is 353 g/mol. The Morgan fingerprint density at radius 2 is 2.00 bits per heavy atom. The lowest BCUT2D eigenvalue weighted by Gasteiger charge is -2.45. The molecule has 0 aromatic heterocycles. The fourth-order valence-electron chi connectivity index (χ4n) is 3.11. The van der Waals surface area contributed by atoms with E-state index in [4.69, 9.17) is 13.9 Å². The fraction of sp³-hybridized carbons (Fsp3) is 0.647. The maximum absolute atomic E-state index is 6.36. The molecule has 6 heteroatoms. The van der Waals surface area contributed by atoms with E-state index < -0.39 is 17.1 Å². The maximum Gasteiger partial charge on any atom is 0.201 e. The van der Waals surface area contributed by atoms with E-state index in [1.165, 1.54) is 0 Å². The van der Waals surface area contributed by atoms with Gasteiger partial charge in [-0.2, -0.15) is 0 Å². The molecule has 0 aliphatic carbocycles. The van der Waals surface area contributed by atoms with Gasteiger partial charge in [0.2, 0.25) is 8.32 Å². The van der Waals surface area contributed by atoms with Crippen LogP contribution in [0.25, 0.3) is 0 Å². The van der Waals surface area contributed by atoms with E-state index in [1.807, 2.05) is 30.3 Å². The molecule has 0 saturated carbocycles. The molecule has 0 amide bonds. The molecular weight excluding hydrogens is 322 g/mol. The third-order valence-electron chi connectivity index (χ3n) is 3.84. The van der Waals surface area contributed by atoms with Gasteiger partial charge in [-0.1, -0.05) is 31.3 Å². The van der Waals surface area contributed by atoms with E-state index >= 15 is 0 Å². The van der Waals surface area contributed by atoms with Crippen molar-refractivity contribution in [2.45, 2.75) is 45.1 Å². The molecule has 1 saturated heterocycles. The Morgan fingerprint density at radius 3 is 2.61 bits per heavy atom. The highest BCUT2D eigenvalue weighted by atomic mass is 28.4. The van der Waals surface area contributed by atoms with Crippen LogP contribution in [0.5, 0.6) is 5.75 Å². The molecule has 2 unspecified atom stereocenters. The molecule has 4 nitrogen and oxygen atoms in total.